The molecule has 1 heterocycles. The van der Waals surface area contributed by atoms with Crippen LogP contribution >= 0.6 is 0 Å². The van der Waals surface area contributed by atoms with Crippen LogP contribution < -0.4 is 10.6 Å². The third-order valence-corrected chi connectivity index (χ3v) is 2.14. The highest BCUT2D eigenvalue weighted by molar-refractivity contribution is 5.77. The van der Waals surface area contributed by atoms with E-state index in [1.165, 1.54) is 6.33 Å². The van der Waals surface area contributed by atoms with E-state index in [-0.39, 0.29) is 5.91 Å². The lowest BCUT2D eigenvalue weighted by Crippen LogP contribution is -2.34. The van der Waals surface area contributed by atoms with Crippen molar-refractivity contribution >= 4 is 5.91 Å². The Morgan fingerprint density at radius 2 is 2.31 bits per heavy atom. The predicted molar refractivity (Wildman–Crippen MR) is 60.7 cm³/mol. The maximum atomic E-state index is 11.3. The fraction of sp³-hybridized carbons (Fsp3) is 0.700. The summed E-state index contributed by atoms with van der Waals surface area (Å²) in [6.07, 6.45) is 2.48. The third-order valence-electron chi connectivity index (χ3n) is 2.14. The molecule has 0 spiro atoms. The zero-order valence-corrected chi connectivity index (χ0v) is 9.86. The molecule has 6 nitrogen and oxygen atoms in total. The number of nitrogens with zero attached hydrogens (tertiary/aromatic N) is 3. The van der Waals surface area contributed by atoms with Gasteiger partial charge in [0.25, 0.3) is 0 Å². The molecule has 0 unspecified atom stereocenters. The van der Waals surface area contributed by atoms with Crippen molar-refractivity contribution in [1.29, 1.82) is 0 Å². The summed E-state index contributed by atoms with van der Waals surface area (Å²) in [4.78, 5) is 15.4. The summed E-state index contributed by atoms with van der Waals surface area (Å²) in [5.41, 5.74) is 0. The van der Waals surface area contributed by atoms with Crippen molar-refractivity contribution in [3.63, 3.8) is 0 Å². The lowest BCUT2D eigenvalue weighted by Gasteiger charge is -2.06. The Labute approximate surface area is 95.4 Å². The molecule has 1 amide bonds. The summed E-state index contributed by atoms with van der Waals surface area (Å²) >= 11 is 0. The van der Waals surface area contributed by atoms with Crippen molar-refractivity contribution < 1.29 is 4.79 Å². The number of nitrogens with one attached hydrogen (secondary N) is 2. The van der Waals surface area contributed by atoms with E-state index in [9.17, 15) is 4.79 Å². The molecule has 0 aliphatic rings. The van der Waals surface area contributed by atoms with Crippen LogP contribution in [0.3, 0.4) is 0 Å². The number of hydrogen-bond acceptors (Lipinski definition) is 4. The van der Waals surface area contributed by atoms with Gasteiger partial charge in [0.15, 0.2) is 0 Å². The number of carbonyl (C=O) groups excluding carboxylic acids is 1. The van der Waals surface area contributed by atoms with Crippen LogP contribution in [-0.2, 0) is 17.9 Å². The monoisotopic (exact) mass is 225 g/mol. The Balaban J connectivity index is 2.22. The van der Waals surface area contributed by atoms with Crippen LogP contribution in [0.4, 0.5) is 0 Å². The lowest BCUT2D eigenvalue weighted by molar-refractivity contribution is -0.120. The quantitative estimate of drug-likeness (QED) is 0.680. The largest absolute Gasteiger partial charge is 0.355 e. The summed E-state index contributed by atoms with van der Waals surface area (Å²) in [7, 11) is 0. The molecule has 2 N–H and O–H groups in total. The average molecular weight is 225 g/mol. The Hall–Kier alpha value is -1.43. The second-order valence-corrected chi connectivity index (χ2v) is 3.45. The van der Waals surface area contributed by atoms with Crippen LogP contribution in [0.15, 0.2) is 6.33 Å². The molecule has 0 atom stereocenters. The predicted octanol–water partition coefficient (Wildman–Crippen LogP) is -0.0862. The van der Waals surface area contributed by atoms with Crippen LogP contribution in [0, 0.1) is 0 Å². The maximum absolute atomic E-state index is 11.3. The van der Waals surface area contributed by atoms with Crippen LogP contribution in [-0.4, -0.2) is 33.8 Å². The van der Waals surface area contributed by atoms with Gasteiger partial charge >= 0.3 is 0 Å². The van der Waals surface area contributed by atoms with Crippen molar-refractivity contribution in [3.05, 3.63) is 12.2 Å². The van der Waals surface area contributed by atoms with Crippen LogP contribution in [0.2, 0.25) is 0 Å². The van der Waals surface area contributed by atoms with Gasteiger partial charge in [0, 0.05) is 13.1 Å². The molecular weight excluding hydrogens is 206 g/mol. The van der Waals surface area contributed by atoms with E-state index in [1.54, 1.807) is 4.68 Å². The summed E-state index contributed by atoms with van der Waals surface area (Å²) in [5.74, 6) is 0.871. The van der Waals surface area contributed by atoms with Gasteiger partial charge in [-0.2, -0.15) is 5.10 Å². The Kier molecular flexibility index (Phi) is 5.49. The average Bonchev–Trinajstić information content (AvgIpc) is 2.74. The van der Waals surface area contributed by atoms with Crippen LogP contribution in [0.25, 0.3) is 0 Å². The topological polar surface area (TPSA) is 71.8 Å². The van der Waals surface area contributed by atoms with E-state index < -0.39 is 0 Å². The second-order valence-electron chi connectivity index (χ2n) is 3.45. The van der Waals surface area contributed by atoms with Gasteiger partial charge in [-0.05, 0) is 13.3 Å². The van der Waals surface area contributed by atoms with E-state index in [0.29, 0.717) is 13.1 Å². The van der Waals surface area contributed by atoms with Gasteiger partial charge < -0.3 is 10.6 Å². The van der Waals surface area contributed by atoms with E-state index >= 15 is 0 Å². The SMILES string of the molecule is CCCNC(=O)CNCc1ncnn1CC. The summed E-state index contributed by atoms with van der Waals surface area (Å²) < 4.78 is 1.80. The van der Waals surface area contributed by atoms with Gasteiger partial charge in [-0.25, -0.2) is 9.67 Å². The van der Waals surface area contributed by atoms with E-state index in [1.807, 2.05) is 13.8 Å². The Bertz CT molecular complexity index is 323. The highest BCUT2D eigenvalue weighted by Gasteiger charge is 2.03. The number of aryl methyl sites for hydroxylation is 1. The van der Waals surface area contributed by atoms with Gasteiger partial charge in [-0.1, -0.05) is 6.92 Å². The van der Waals surface area contributed by atoms with Gasteiger partial charge in [0.2, 0.25) is 5.91 Å². The summed E-state index contributed by atoms with van der Waals surface area (Å²) in [6.45, 7) is 6.43. The molecule has 0 fully saturated rings. The zero-order valence-electron chi connectivity index (χ0n) is 9.86. The lowest BCUT2D eigenvalue weighted by atomic mass is 10.4. The smallest absolute Gasteiger partial charge is 0.233 e. The van der Waals surface area contributed by atoms with Crippen LogP contribution in [0.5, 0.6) is 0 Å². The van der Waals surface area contributed by atoms with Crippen LogP contribution in [0.1, 0.15) is 26.1 Å². The van der Waals surface area contributed by atoms with Crippen molar-refractivity contribution in [3.8, 4) is 0 Å². The Morgan fingerprint density at radius 3 is 3.00 bits per heavy atom. The van der Waals surface area contributed by atoms with Crippen molar-refractivity contribution in [1.82, 2.24) is 25.4 Å². The molecule has 0 aliphatic carbocycles. The molecule has 0 radical (unpaired) electrons. The number of carbonyl (C=O) groups is 1. The molecule has 0 aliphatic heterocycles. The minimum absolute atomic E-state index is 0.0180. The first-order valence-electron chi connectivity index (χ1n) is 5.62. The minimum atomic E-state index is 0.0180. The third kappa shape index (κ3) is 3.98. The summed E-state index contributed by atoms with van der Waals surface area (Å²) in [6, 6.07) is 0. The normalized spacial score (nSPS) is 10.4. The highest BCUT2D eigenvalue weighted by Crippen LogP contribution is 1.92. The molecule has 0 saturated heterocycles. The van der Waals surface area contributed by atoms with Gasteiger partial charge in [-0.3, -0.25) is 4.79 Å². The zero-order chi connectivity index (χ0) is 11.8. The molecule has 1 aromatic rings. The number of aromatic nitrogens is 3. The molecule has 0 bridgehead atoms. The Morgan fingerprint density at radius 1 is 1.50 bits per heavy atom. The first-order chi connectivity index (χ1) is 7.77. The number of hydrogen-bond donors (Lipinski definition) is 2. The molecule has 16 heavy (non-hydrogen) atoms. The van der Waals surface area contributed by atoms with Gasteiger partial charge in [0.1, 0.15) is 12.2 Å². The first kappa shape index (κ1) is 12.6. The minimum Gasteiger partial charge on any atom is -0.355 e. The second kappa shape index (κ2) is 6.95. The first-order valence-corrected chi connectivity index (χ1v) is 5.62. The van der Waals surface area contributed by atoms with Crippen molar-refractivity contribution in [2.75, 3.05) is 13.1 Å². The molecule has 90 valence electrons. The van der Waals surface area contributed by atoms with E-state index in [2.05, 4.69) is 20.7 Å². The molecule has 1 rings (SSSR count). The molecule has 0 aromatic carbocycles. The van der Waals surface area contributed by atoms with Crippen molar-refractivity contribution in [2.24, 2.45) is 0 Å². The van der Waals surface area contributed by atoms with Gasteiger partial charge in [-0.15, -0.1) is 0 Å². The van der Waals surface area contributed by atoms with Gasteiger partial charge in [0.05, 0.1) is 13.1 Å². The molecular formula is C10H19N5O. The summed E-state index contributed by atoms with van der Waals surface area (Å²) in [5, 5.41) is 9.88. The molecule has 0 saturated carbocycles. The van der Waals surface area contributed by atoms with E-state index in [4.69, 9.17) is 0 Å². The standard InChI is InChI=1S/C10H19N5O/c1-3-5-12-10(16)7-11-6-9-13-8-14-15(9)4-2/h8,11H,3-7H2,1-2H3,(H,12,16). The highest BCUT2D eigenvalue weighted by atomic mass is 16.1. The van der Waals surface area contributed by atoms with Crippen molar-refractivity contribution in [2.45, 2.75) is 33.4 Å². The number of amides is 1. The maximum Gasteiger partial charge on any atom is 0.233 e. The fourth-order valence-electron chi connectivity index (χ4n) is 1.30. The fourth-order valence-corrected chi connectivity index (χ4v) is 1.30. The molecule has 1 aromatic heterocycles. The molecule has 6 heteroatoms. The van der Waals surface area contributed by atoms with E-state index in [0.717, 1.165) is 25.3 Å². The number of rotatable bonds is 7.